The van der Waals surface area contributed by atoms with Gasteiger partial charge in [0.1, 0.15) is 5.56 Å². The van der Waals surface area contributed by atoms with Crippen LogP contribution in [0.5, 0.6) is 0 Å². The lowest BCUT2D eigenvalue weighted by Gasteiger charge is -2.40. The lowest BCUT2D eigenvalue weighted by molar-refractivity contribution is -0.385. The predicted molar refractivity (Wildman–Crippen MR) is 64.2 cm³/mol. The minimum absolute atomic E-state index is 0.0298. The van der Waals surface area contributed by atoms with Crippen LogP contribution in [0.4, 0.5) is 5.69 Å². The molecule has 1 amide bonds. The number of nitro benzene ring substituents is 1. The smallest absolute Gasteiger partial charge is 0.282 e. The fourth-order valence-corrected chi connectivity index (χ4v) is 2.06. The Hall–Kier alpha value is -1.95. The van der Waals surface area contributed by atoms with Crippen molar-refractivity contribution < 1.29 is 14.8 Å². The van der Waals surface area contributed by atoms with Gasteiger partial charge in [-0.2, -0.15) is 0 Å². The van der Waals surface area contributed by atoms with E-state index >= 15 is 0 Å². The summed E-state index contributed by atoms with van der Waals surface area (Å²) in [6.07, 6.45) is 2.35. The van der Waals surface area contributed by atoms with Crippen molar-refractivity contribution >= 4 is 11.6 Å². The maximum Gasteiger partial charge on any atom is 0.282 e. The molecule has 2 N–H and O–H groups in total. The molecule has 0 saturated heterocycles. The van der Waals surface area contributed by atoms with E-state index in [0.29, 0.717) is 12.8 Å². The molecule has 1 fully saturated rings. The van der Waals surface area contributed by atoms with Crippen molar-refractivity contribution in [3.05, 3.63) is 39.9 Å². The van der Waals surface area contributed by atoms with E-state index in [1.54, 1.807) is 6.07 Å². The van der Waals surface area contributed by atoms with Gasteiger partial charge < -0.3 is 10.4 Å². The number of nitro groups is 1. The Kier molecular flexibility index (Phi) is 3.29. The van der Waals surface area contributed by atoms with Crippen LogP contribution < -0.4 is 5.32 Å². The number of benzene rings is 1. The molecule has 0 bridgehead atoms. The highest BCUT2D eigenvalue weighted by molar-refractivity contribution is 5.98. The SMILES string of the molecule is O=C(NC1(CO)CCC1)c1ccccc1[N+](=O)[O-]. The number of aliphatic hydroxyl groups excluding tert-OH is 1. The molecule has 0 atom stereocenters. The lowest BCUT2D eigenvalue weighted by Crippen LogP contribution is -2.56. The Morgan fingerprint density at radius 1 is 1.44 bits per heavy atom. The molecular formula is C12H14N2O4. The number of amides is 1. The second-order valence-corrected chi connectivity index (χ2v) is 4.52. The zero-order valence-electron chi connectivity index (χ0n) is 9.76. The molecule has 6 nitrogen and oxygen atoms in total. The van der Waals surface area contributed by atoms with E-state index < -0.39 is 16.4 Å². The van der Waals surface area contributed by atoms with Gasteiger partial charge in [-0.3, -0.25) is 14.9 Å². The third-order valence-electron chi connectivity index (χ3n) is 3.34. The molecular weight excluding hydrogens is 236 g/mol. The standard InChI is InChI=1S/C12H14N2O4/c15-8-12(6-3-7-12)13-11(16)9-4-1-2-5-10(9)14(17)18/h1-2,4-5,15H,3,6-8H2,(H,13,16). The van der Waals surface area contributed by atoms with Crippen LogP contribution in [0.2, 0.25) is 0 Å². The molecule has 6 heteroatoms. The molecule has 0 aliphatic heterocycles. The number of nitrogens with zero attached hydrogens (tertiary/aromatic N) is 1. The molecule has 0 radical (unpaired) electrons. The van der Waals surface area contributed by atoms with Gasteiger partial charge in [0, 0.05) is 6.07 Å². The van der Waals surface area contributed by atoms with E-state index in [1.165, 1.54) is 18.2 Å². The molecule has 0 spiro atoms. The Morgan fingerprint density at radius 3 is 2.61 bits per heavy atom. The topological polar surface area (TPSA) is 92.5 Å². The number of para-hydroxylation sites is 1. The summed E-state index contributed by atoms with van der Waals surface area (Å²) < 4.78 is 0. The first-order valence-corrected chi connectivity index (χ1v) is 5.75. The largest absolute Gasteiger partial charge is 0.394 e. The Balaban J connectivity index is 2.21. The van der Waals surface area contributed by atoms with Gasteiger partial charge in [0.05, 0.1) is 17.1 Å². The van der Waals surface area contributed by atoms with Gasteiger partial charge in [-0.1, -0.05) is 12.1 Å². The molecule has 1 aliphatic carbocycles. The summed E-state index contributed by atoms with van der Waals surface area (Å²) in [6, 6.07) is 5.80. The normalized spacial score (nSPS) is 16.7. The summed E-state index contributed by atoms with van der Waals surface area (Å²) in [4.78, 5) is 22.2. The van der Waals surface area contributed by atoms with Crippen LogP contribution in [0.15, 0.2) is 24.3 Å². The van der Waals surface area contributed by atoms with E-state index in [2.05, 4.69) is 5.32 Å². The maximum absolute atomic E-state index is 12.0. The Bertz CT molecular complexity index is 477. The van der Waals surface area contributed by atoms with Gasteiger partial charge in [0.25, 0.3) is 11.6 Å². The predicted octanol–water partition coefficient (Wildman–Crippen LogP) is 1.24. The minimum atomic E-state index is -0.596. The highest BCUT2D eigenvalue weighted by Gasteiger charge is 2.38. The second-order valence-electron chi connectivity index (χ2n) is 4.52. The molecule has 1 aromatic rings. The van der Waals surface area contributed by atoms with Crippen LogP contribution in [0.25, 0.3) is 0 Å². The quantitative estimate of drug-likeness (QED) is 0.621. The third kappa shape index (κ3) is 2.19. The van der Waals surface area contributed by atoms with Gasteiger partial charge in [-0.25, -0.2) is 0 Å². The van der Waals surface area contributed by atoms with Gasteiger partial charge in [-0.05, 0) is 25.3 Å². The lowest BCUT2D eigenvalue weighted by atomic mass is 9.77. The molecule has 0 aromatic heterocycles. The second kappa shape index (κ2) is 4.73. The van der Waals surface area contributed by atoms with E-state index in [-0.39, 0.29) is 17.9 Å². The first-order chi connectivity index (χ1) is 8.58. The van der Waals surface area contributed by atoms with Gasteiger partial charge in [-0.15, -0.1) is 0 Å². The number of nitrogens with one attached hydrogen (secondary N) is 1. The van der Waals surface area contributed by atoms with E-state index in [4.69, 9.17) is 0 Å². The van der Waals surface area contributed by atoms with Gasteiger partial charge >= 0.3 is 0 Å². The maximum atomic E-state index is 12.0. The van der Waals surface area contributed by atoms with Crippen LogP contribution in [0.1, 0.15) is 29.6 Å². The fraction of sp³-hybridized carbons (Fsp3) is 0.417. The van der Waals surface area contributed by atoms with Crippen molar-refractivity contribution in [2.24, 2.45) is 0 Å². The molecule has 2 rings (SSSR count). The van der Waals surface area contributed by atoms with Crippen molar-refractivity contribution in [3.8, 4) is 0 Å². The van der Waals surface area contributed by atoms with Gasteiger partial charge in [0.15, 0.2) is 0 Å². The van der Waals surface area contributed by atoms with Crippen molar-refractivity contribution in [2.75, 3.05) is 6.61 Å². The summed E-state index contributed by atoms with van der Waals surface area (Å²) in [6.45, 7) is -0.140. The summed E-state index contributed by atoms with van der Waals surface area (Å²) in [5.74, 6) is -0.504. The highest BCUT2D eigenvalue weighted by Crippen LogP contribution is 2.32. The van der Waals surface area contributed by atoms with Crippen molar-refractivity contribution in [2.45, 2.75) is 24.8 Å². The van der Waals surface area contributed by atoms with Crippen LogP contribution in [-0.4, -0.2) is 28.1 Å². The van der Waals surface area contributed by atoms with E-state index in [9.17, 15) is 20.0 Å². The summed E-state index contributed by atoms with van der Waals surface area (Å²) in [5, 5.41) is 22.8. The third-order valence-corrected chi connectivity index (χ3v) is 3.34. The number of rotatable bonds is 4. The fourth-order valence-electron chi connectivity index (χ4n) is 2.06. The monoisotopic (exact) mass is 250 g/mol. The van der Waals surface area contributed by atoms with E-state index in [0.717, 1.165) is 6.42 Å². The molecule has 1 aliphatic rings. The Labute approximate surface area is 104 Å². The first kappa shape index (κ1) is 12.5. The zero-order valence-corrected chi connectivity index (χ0v) is 9.76. The molecule has 1 aromatic carbocycles. The molecule has 0 heterocycles. The molecule has 0 unspecified atom stereocenters. The zero-order chi connectivity index (χ0) is 13.2. The summed E-state index contributed by atoms with van der Waals surface area (Å²) >= 11 is 0. The van der Waals surface area contributed by atoms with Gasteiger partial charge in [0.2, 0.25) is 0 Å². The average Bonchev–Trinajstić information content (AvgIpc) is 2.33. The van der Waals surface area contributed by atoms with Crippen molar-refractivity contribution in [3.63, 3.8) is 0 Å². The number of aliphatic hydroxyl groups is 1. The highest BCUT2D eigenvalue weighted by atomic mass is 16.6. The van der Waals surface area contributed by atoms with Crippen LogP contribution >= 0.6 is 0 Å². The first-order valence-electron chi connectivity index (χ1n) is 5.75. The summed E-state index contributed by atoms with van der Waals surface area (Å²) in [5.41, 5.74) is -0.787. The molecule has 1 saturated carbocycles. The molecule has 18 heavy (non-hydrogen) atoms. The van der Waals surface area contributed by atoms with Crippen LogP contribution in [-0.2, 0) is 0 Å². The van der Waals surface area contributed by atoms with Crippen LogP contribution in [0, 0.1) is 10.1 Å². The number of hydrogen-bond donors (Lipinski definition) is 2. The summed E-state index contributed by atoms with van der Waals surface area (Å²) in [7, 11) is 0. The number of hydrogen-bond acceptors (Lipinski definition) is 4. The minimum Gasteiger partial charge on any atom is -0.394 e. The molecule has 96 valence electrons. The van der Waals surface area contributed by atoms with Crippen LogP contribution in [0.3, 0.4) is 0 Å². The number of carbonyl (C=O) groups is 1. The number of carbonyl (C=O) groups excluding carboxylic acids is 1. The Morgan fingerprint density at radius 2 is 2.11 bits per heavy atom. The average molecular weight is 250 g/mol. The van der Waals surface area contributed by atoms with Crippen molar-refractivity contribution in [1.82, 2.24) is 5.32 Å². The van der Waals surface area contributed by atoms with E-state index in [1.807, 2.05) is 0 Å². The van der Waals surface area contributed by atoms with Crippen molar-refractivity contribution in [1.29, 1.82) is 0 Å².